The van der Waals surface area contributed by atoms with Crippen molar-refractivity contribution in [3.05, 3.63) is 57.1 Å². The molecule has 188 valence electrons. The molecule has 0 unspecified atom stereocenters. The number of pyridine rings is 1. The number of benzene rings is 2. The molecule has 1 aromatic heterocycles. The van der Waals surface area contributed by atoms with Crippen LogP contribution < -0.4 is 25.7 Å². The zero-order valence-electron chi connectivity index (χ0n) is 19.8. The van der Waals surface area contributed by atoms with E-state index in [9.17, 15) is 9.59 Å². The van der Waals surface area contributed by atoms with Crippen molar-refractivity contribution in [1.82, 2.24) is 20.1 Å². The molecule has 0 aliphatic carbocycles. The zero-order valence-corrected chi connectivity index (χ0v) is 20.5. The van der Waals surface area contributed by atoms with Crippen LogP contribution in [-0.4, -0.2) is 67.7 Å². The van der Waals surface area contributed by atoms with Gasteiger partial charge in [0.1, 0.15) is 11.1 Å². The first-order valence-electron chi connectivity index (χ1n) is 12.4. The van der Waals surface area contributed by atoms with Crippen LogP contribution in [0, 0.1) is 5.82 Å². The van der Waals surface area contributed by atoms with Gasteiger partial charge in [-0.1, -0.05) is 11.6 Å². The molecule has 1 amide bonds. The van der Waals surface area contributed by atoms with E-state index in [-0.39, 0.29) is 16.7 Å². The van der Waals surface area contributed by atoms with Crippen LogP contribution in [0.25, 0.3) is 16.6 Å². The Morgan fingerprint density at radius 2 is 1.89 bits per heavy atom. The number of nitrogens with one attached hydrogen (secondary N) is 2. The second kappa shape index (κ2) is 9.38. The highest BCUT2D eigenvalue weighted by atomic mass is 35.5. The number of piperazine rings is 1. The van der Waals surface area contributed by atoms with Gasteiger partial charge >= 0.3 is 0 Å². The number of fused-ring (bicyclic) bond motifs is 2. The van der Waals surface area contributed by atoms with Crippen LogP contribution in [0.2, 0.25) is 5.02 Å². The first-order valence-corrected chi connectivity index (χ1v) is 12.7. The molecule has 3 aliphatic rings. The summed E-state index contributed by atoms with van der Waals surface area (Å²) in [6.07, 6.45) is 3.81. The van der Waals surface area contributed by atoms with Crippen LogP contribution in [-0.2, 0) is 0 Å². The molecule has 36 heavy (non-hydrogen) atoms. The summed E-state index contributed by atoms with van der Waals surface area (Å²) in [7, 11) is 0. The average Bonchev–Trinajstić information content (AvgIpc) is 3.41. The van der Waals surface area contributed by atoms with Gasteiger partial charge in [0, 0.05) is 50.5 Å². The lowest BCUT2D eigenvalue weighted by Gasteiger charge is -2.32. The predicted octanol–water partition coefficient (Wildman–Crippen LogP) is 3.12. The van der Waals surface area contributed by atoms with E-state index in [0.29, 0.717) is 60.4 Å². The number of aromatic nitrogens is 1. The van der Waals surface area contributed by atoms with Crippen molar-refractivity contribution in [3.8, 4) is 17.2 Å². The van der Waals surface area contributed by atoms with Gasteiger partial charge in [0.15, 0.2) is 17.3 Å². The van der Waals surface area contributed by atoms with E-state index in [1.165, 1.54) is 19.0 Å². The number of carbonyl (C=O) groups excluding carboxylic acids is 1. The largest absolute Gasteiger partial charge is 0.450 e. The Hall–Kier alpha value is -3.14. The maximum Gasteiger partial charge on any atom is 0.256 e. The Balaban J connectivity index is 1.48. The third-order valence-electron chi connectivity index (χ3n) is 7.17. The van der Waals surface area contributed by atoms with E-state index in [2.05, 4.69) is 15.5 Å². The Morgan fingerprint density at radius 3 is 2.67 bits per heavy atom. The number of nitrogens with zero attached hydrogens (tertiary/aromatic N) is 3. The molecule has 2 N–H and O–H groups in total. The van der Waals surface area contributed by atoms with Crippen molar-refractivity contribution < 1.29 is 13.9 Å². The highest BCUT2D eigenvalue weighted by Crippen LogP contribution is 2.44. The fraction of sp³-hybridized carbons (Fsp3) is 0.385. The number of halogens is 2. The Labute approximate surface area is 212 Å². The number of hydrogen-bond donors (Lipinski definition) is 2. The lowest BCUT2D eigenvalue weighted by Crippen LogP contribution is -2.44. The molecule has 0 spiro atoms. The molecule has 3 aromatic rings. The molecule has 0 atom stereocenters. The summed E-state index contributed by atoms with van der Waals surface area (Å²) in [5, 5.41) is 6.84. The number of ether oxygens (including phenoxy) is 1. The Bertz CT molecular complexity index is 1410. The summed E-state index contributed by atoms with van der Waals surface area (Å²) in [5.41, 5.74) is 0.680. The van der Waals surface area contributed by atoms with E-state index in [1.54, 1.807) is 28.8 Å². The second-order valence-electron chi connectivity index (χ2n) is 9.43. The molecule has 8 nitrogen and oxygen atoms in total. The van der Waals surface area contributed by atoms with Crippen LogP contribution >= 0.6 is 11.6 Å². The molecule has 10 heteroatoms. The minimum atomic E-state index is -0.527. The molecule has 2 aromatic carbocycles. The summed E-state index contributed by atoms with van der Waals surface area (Å²) in [5.74, 6) is -0.599. The standard InChI is InChI=1S/C26H27ClFN5O3/c27-16-3-4-21-19(13-16)33-15-18(26(35)30-7-10-31-8-1-2-9-31)24(34)17-14-20(32-11-5-29-6-12-32)22(28)25(36-21)23(17)33/h3-4,13-15,29H,1-2,5-12H2,(H,30,35). The summed E-state index contributed by atoms with van der Waals surface area (Å²) in [6, 6.07) is 6.56. The van der Waals surface area contributed by atoms with Crippen LogP contribution in [0.15, 0.2) is 35.3 Å². The van der Waals surface area contributed by atoms with Gasteiger partial charge < -0.3 is 29.7 Å². The van der Waals surface area contributed by atoms with Crippen molar-refractivity contribution >= 4 is 34.1 Å². The van der Waals surface area contributed by atoms with Gasteiger partial charge in [0.05, 0.1) is 16.8 Å². The van der Waals surface area contributed by atoms with Gasteiger partial charge in [0.2, 0.25) is 5.43 Å². The first-order chi connectivity index (χ1) is 17.5. The van der Waals surface area contributed by atoms with Gasteiger partial charge in [-0.15, -0.1) is 0 Å². The van der Waals surface area contributed by atoms with Crippen molar-refractivity contribution in [1.29, 1.82) is 0 Å². The number of amides is 1. The SMILES string of the molecule is O=C(NCCN1CCCC1)c1cn2c3c(c(F)c(N4CCNCC4)cc3c1=O)Oc1ccc(Cl)cc1-2. The minimum absolute atomic E-state index is 0.000524. The van der Waals surface area contributed by atoms with Crippen molar-refractivity contribution in [2.75, 3.05) is 57.3 Å². The van der Waals surface area contributed by atoms with Crippen molar-refractivity contribution in [2.45, 2.75) is 12.8 Å². The molecular formula is C26H27ClFN5O3. The predicted molar refractivity (Wildman–Crippen MR) is 138 cm³/mol. The van der Waals surface area contributed by atoms with Gasteiger partial charge in [0.25, 0.3) is 5.91 Å². The molecule has 0 bridgehead atoms. The number of hydrogen-bond acceptors (Lipinski definition) is 6. The van der Waals surface area contributed by atoms with Crippen LogP contribution in [0.3, 0.4) is 0 Å². The second-order valence-corrected chi connectivity index (χ2v) is 9.87. The third-order valence-corrected chi connectivity index (χ3v) is 7.41. The smallest absolute Gasteiger partial charge is 0.256 e. The summed E-state index contributed by atoms with van der Waals surface area (Å²) in [4.78, 5) is 31.0. The lowest BCUT2D eigenvalue weighted by molar-refractivity contribution is 0.0948. The van der Waals surface area contributed by atoms with E-state index >= 15 is 4.39 Å². The topological polar surface area (TPSA) is 78.8 Å². The summed E-state index contributed by atoms with van der Waals surface area (Å²) < 4.78 is 23.5. The minimum Gasteiger partial charge on any atom is -0.450 e. The van der Waals surface area contributed by atoms with Crippen LogP contribution in [0.1, 0.15) is 23.2 Å². The third kappa shape index (κ3) is 4.01. The molecule has 0 saturated carbocycles. The van der Waals surface area contributed by atoms with E-state index < -0.39 is 17.2 Å². The van der Waals surface area contributed by atoms with Crippen molar-refractivity contribution in [2.24, 2.45) is 0 Å². The monoisotopic (exact) mass is 511 g/mol. The van der Waals surface area contributed by atoms with Gasteiger partial charge in [-0.05, 0) is 50.2 Å². The lowest BCUT2D eigenvalue weighted by atomic mass is 10.1. The summed E-state index contributed by atoms with van der Waals surface area (Å²) in [6.45, 7) is 5.85. The Kier molecular flexibility index (Phi) is 6.07. The first kappa shape index (κ1) is 23.3. The highest BCUT2D eigenvalue weighted by Gasteiger charge is 2.30. The molecule has 3 aliphatic heterocycles. The molecule has 2 saturated heterocycles. The number of carbonyl (C=O) groups is 1. The van der Waals surface area contributed by atoms with Gasteiger partial charge in [-0.2, -0.15) is 0 Å². The fourth-order valence-corrected chi connectivity index (χ4v) is 5.47. The van der Waals surface area contributed by atoms with E-state index in [1.807, 2.05) is 4.90 Å². The molecular weight excluding hydrogens is 485 g/mol. The number of anilines is 1. The molecule has 4 heterocycles. The van der Waals surface area contributed by atoms with Gasteiger partial charge in [-0.25, -0.2) is 4.39 Å². The Morgan fingerprint density at radius 1 is 1.11 bits per heavy atom. The highest BCUT2D eigenvalue weighted by molar-refractivity contribution is 6.30. The summed E-state index contributed by atoms with van der Waals surface area (Å²) >= 11 is 6.26. The zero-order chi connectivity index (χ0) is 24.8. The maximum absolute atomic E-state index is 15.9. The van der Waals surface area contributed by atoms with Gasteiger partial charge in [-0.3, -0.25) is 9.59 Å². The fourth-order valence-electron chi connectivity index (χ4n) is 5.31. The number of likely N-dealkylation sites (tertiary alicyclic amines) is 1. The molecule has 2 fully saturated rings. The van der Waals surface area contributed by atoms with Crippen LogP contribution in [0.4, 0.5) is 10.1 Å². The van der Waals surface area contributed by atoms with Crippen LogP contribution in [0.5, 0.6) is 11.5 Å². The number of rotatable bonds is 5. The van der Waals surface area contributed by atoms with Crippen molar-refractivity contribution in [3.63, 3.8) is 0 Å². The molecule has 0 radical (unpaired) electrons. The van der Waals surface area contributed by atoms with E-state index in [0.717, 1.165) is 19.6 Å². The maximum atomic E-state index is 15.9. The normalized spacial score (nSPS) is 17.2. The average molecular weight is 512 g/mol. The van der Waals surface area contributed by atoms with E-state index in [4.69, 9.17) is 16.3 Å². The molecule has 6 rings (SSSR count). The quantitative estimate of drug-likeness (QED) is 0.429.